The summed E-state index contributed by atoms with van der Waals surface area (Å²) in [5, 5.41) is 4.00. The summed E-state index contributed by atoms with van der Waals surface area (Å²) in [6, 6.07) is 23.4. The zero-order chi connectivity index (χ0) is 21.9. The minimum Gasteiger partial charge on any atom is -0.482 e. The molecule has 0 saturated carbocycles. The number of rotatable bonds is 6. The summed E-state index contributed by atoms with van der Waals surface area (Å²) in [7, 11) is 0. The van der Waals surface area contributed by atoms with Crippen LogP contribution in [-0.2, 0) is 22.4 Å². The fourth-order valence-electron chi connectivity index (χ4n) is 4.07. The highest BCUT2D eigenvalue weighted by atomic mass is 16.5. The van der Waals surface area contributed by atoms with Crippen LogP contribution in [0, 0.1) is 0 Å². The fourth-order valence-corrected chi connectivity index (χ4v) is 4.07. The Morgan fingerprint density at radius 3 is 2.72 bits per heavy atom. The summed E-state index contributed by atoms with van der Waals surface area (Å²) in [5.74, 6) is 0.441. The molecule has 160 valence electrons. The van der Waals surface area contributed by atoms with Crippen LogP contribution in [0.1, 0.15) is 11.1 Å². The first-order valence-electron chi connectivity index (χ1n) is 10.6. The summed E-state index contributed by atoms with van der Waals surface area (Å²) in [6.45, 7) is 0.569. The van der Waals surface area contributed by atoms with E-state index in [0.717, 1.165) is 28.5 Å². The number of nitrogens with one attached hydrogen (secondary N) is 2. The highest BCUT2D eigenvalue weighted by Gasteiger charge is 2.25. The van der Waals surface area contributed by atoms with Gasteiger partial charge in [0.25, 0.3) is 5.91 Å². The molecule has 5 rings (SSSR count). The van der Waals surface area contributed by atoms with Crippen LogP contribution in [0.2, 0.25) is 0 Å². The van der Waals surface area contributed by atoms with Crippen LogP contribution in [0.4, 0.5) is 11.4 Å². The molecule has 1 aromatic heterocycles. The lowest BCUT2D eigenvalue weighted by atomic mass is 10.1. The van der Waals surface area contributed by atoms with Crippen LogP contribution in [0.15, 0.2) is 79.0 Å². The van der Waals surface area contributed by atoms with Crippen molar-refractivity contribution in [2.45, 2.75) is 12.8 Å². The average Bonchev–Trinajstić information content (AvgIpc) is 3.22. The number of ether oxygens (including phenoxy) is 1. The molecule has 0 radical (unpaired) electrons. The van der Waals surface area contributed by atoms with Gasteiger partial charge in [0.15, 0.2) is 6.61 Å². The Balaban J connectivity index is 1.32. The molecule has 0 fully saturated rings. The molecule has 1 aliphatic rings. The van der Waals surface area contributed by atoms with E-state index in [9.17, 15) is 9.59 Å². The minimum atomic E-state index is -0.117. The maximum absolute atomic E-state index is 12.7. The molecule has 0 unspecified atom stereocenters. The highest BCUT2D eigenvalue weighted by Crippen LogP contribution is 2.35. The van der Waals surface area contributed by atoms with Gasteiger partial charge in [-0.1, -0.05) is 48.5 Å². The quantitative estimate of drug-likeness (QED) is 0.483. The molecule has 2 heterocycles. The Morgan fingerprint density at radius 2 is 1.84 bits per heavy atom. The van der Waals surface area contributed by atoms with Crippen LogP contribution in [0.3, 0.4) is 0 Å². The SMILES string of the molecule is O=C(Cc1c[nH]c2ccccc12)Nc1ccc2c(c1)N(CCc1ccccc1)C(=O)CO2. The lowest BCUT2D eigenvalue weighted by molar-refractivity contribution is -0.121. The van der Waals surface area contributed by atoms with Crippen LogP contribution in [-0.4, -0.2) is 29.9 Å². The third-order valence-electron chi connectivity index (χ3n) is 5.68. The van der Waals surface area contributed by atoms with Gasteiger partial charge in [0.1, 0.15) is 5.75 Å². The van der Waals surface area contributed by atoms with E-state index < -0.39 is 0 Å². The Bertz CT molecular complexity index is 1280. The van der Waals surface area contributed by atoms with E-state index in [1.807, 2.05) is 66.9 Å². The molecule has 0 bridgehead atoms. The first-order chi connectivity index (χ1) is 15.7. The summed E-state index contributed by atoms with van der Waals surface area (Å²) in [5.41, 5.74) is 4.43. The standard InChI is InChI=1S/C26H23N3O3/c30-25(14-19-16-27-22-9-5-4-8-21(19)22)28-20-10-11-24-23(15-20)29(26(31)17-32-24)13-12-18-6-2-1-3-7-18/h1-11,15-16,27H,12-14,17H2,(H,28,30). The third-order valence-corrected chi connectivity index (χ3v) is 5.68. The van der Waals surface area contributed by atoms with Gasteiger partial charge in [-0.3, -0.25) is 9.59 Å². The van der Waals surface area contributed by atoms with E-state index in [1.165, 1.54) is 0 Å². The predicted octanol–water partition coefficient (Wildman–Crippen LogP) is 4.32. The van der Waals surface area contributed by atoms with E-state index in [-0.39, 0.29) is 24.8 Å². The second-order valence-electron chi connectivity index (χ2n) is 7.84. The van der Waals surface area contributed by atoms with Crippen molar-refractivity contribution >= 4 is 34.1 Å². The van der Waals surface area contributed by atoms with E-state index >= 15 is 0 Å². The molecule has 6 nitrogen and oxygen atoms in total. The number of aromatic amines is 1. The van der Waals surface area contributed by atoms with Crippen molar-refractivity contribution in [3.63, 3.8) is 0 Å². The van der Waals surface area contributed by atoms with Gasteiger partial charge in [0.2, 0.25) is 5.91 Å². The molecular weight excluding hydrogens is 402 g/mol. The number of aromatic nitrogens is 1. The zero-order valence-corrected chi connectivity index (χ0v) is 17.5. The van der Waals surface area contributed by atoms with Gasteiger partial charge in [-0.25, -0.2) is 0 Å². The van der Waals surface area contributed by atoms with Gasteiger partial charge in [0.05, 0.1) is 12.1 Å². The van der Waals surface area contributed by atoms with E-state index in [1.54, 1.807) is 17.0 Å². The number of benzene rings is 3. The molecule has 0 atom stereocenters. The van der Waals surface area contributed by atoms with Crippen molar-refractivity contribution in [3.05, 3.63) is 90.1 Å². The molecule has 0 saturated heterocycles. The number of carbonyl (C=O) groups is 2. The number of carbonyl (C=O) groups excluding carboxylic acids is 2. The van der Waals surface area contributed by atoms with Gasteiger partial charge < -0.3 is 19.9 Å². The van der Waals surface area contributed by atoms with Gasteiger partial charge >= 0.3 is 0 Å². The first-order valence-corrected chi connectivity index (χ1v) is 10.6. The van der Waals surface area contributed by atoms with E-state index in [2.05, 4.69) is 10.3 Å². The summed E-state index contributed by atoms with van der Waals surface area (Å²) in [4.78, 5) is 30.2. The van der Waals surface area contributed by atoms with Gasteiger partial charge in [-0.2, -0.15) is 0 Å². The molecule has 32 heavy (non-hydrogen) atoms. The lowest BCUT2D eigenvalue weighted by Crippen LogP contribution is -2.40. The largest absolute Gasteiger partial charge is 0.482 e. The van der Waals surface area contributed by atoms with Crippen molar-refractivity contribution < 1.29 is 14.3 Å². The number of amides is 2. The average molecular weight is 425 g/mol. The van der Waals surface area contributed by atoms with Gasteiger partial charge in [0, 0.05) is 29.3 Å². The van der Waals surface area contributed by atoms with Gasteiger partial charge in [-0.15, -0.1) is 0 Å². The fraction of sp³-hybridized carbons (Fsp3) is 0.154. The number of H-pyrrole nitrogens is 1. The Morgan fingerprint density at radius 1 is 1.03 bits per heavy atom. The maximum atomic E-state index is 12.7. The number of para-hydroxylation sites is 1. The molecule has 4 aromatic rings. The molecule has 2 amide bonds. The van der Waals surface area contributed by atoms with Crippen molar-refractivity contribution in [1.29, 1.82) is 0 Å². The summed E-state index contributed by atoms with van der Waals surface area (Å²) >= 11 is 0. The van der Waals surface area contributed by atoms with Crippen LogP contribution in [0.25, 0.3) is 10.9 Å². The van der Waals surface area contributed by atoms with E-state index in [0.29, 0.717) is 23.7 Å². The molecule has 2 N–H and O–H groups in total. The second kappa shape index (κ2) is 8.59. The first kappa shape index (κ1) is 19.9. The predicted molar refractivity (Wildman–Crippen MR) is 125 cm³/mol. The Labute approximate surface area is 185 Å². The Hall–Kier alpha value is -4.06. The number of hydrogen-bond acceptors (Lipinski definition) is 3. The van der Waals surface area contributed by atoms with Crippen LogP contribution >= 0.6 is 0 Å². The smallest absolute Gasteiger partial charge is 0.265 e. The van der Waals surface area contributed by atoms with Crippen molar-refractivity contribution in [2.24, 2.45) is 0 Å². The van der Waals surface area contributed by atoms with E-state index in [4.69, 9.17) is 4.74 Å². The molecule has 0 aliphatic carbocycles. The summed E-state index contributed by atoms with van der Waals surface area (Å²) in [6.07, 6.45) is 2.87. The molecule has 3 aromatic carbocycles. The zero-order valence-electron chi connectivity index (χ0n) is 17.5. The second-order valence-corrected chi connectivity index (χ2v) is 7.84. The Kier molecular flexibility index (Phi) is 5.34. The number of anilines is 2. The molecule has 6 heteroatoms. The molecular formula is C26H23N3O3. The number of hydrogen-bond donors (Lipinski definition) is 2. The van der Waals surface area contributed by atoms with Crippen LogP contribution < -0.4 is 15.0 Å². The minimum absolute atomic E-state index is 0.0219. The normalized spacial score (nSPS) is 13.0. The van der Waals surface area contributed by atoms with Crippen molar-refractivity contribution in [2.75, 3.05) is 23.4 Å². The molecule has 1 aliphatic heterocycles. The summed E-state index contributed by atoms with van der Waals surface area (Å²) < 4.78 is 5.60. The molecule has 0 spiro atoms. The van der Waals surface area contributed by atoms with Crippen molar-refractivity contribution in [3.8, 4) is 5.75 Å². The third kappa shape index (κ3) is 4.07. The van der Waals surface area contributed by atoms with Gasteiger partial charge in [-0.05, 0) is 41.8 Å². The monoisotopic (exact) mass is 425 g/mol. The van der Waals surface area contributed by atoms with Crippen LogP contribution in [0.5, 0.6) is 5.75 Å². The highest BCUT2D eigenvalue weighted by molar-refractivity contribution is 6.00. The maximum Gasteiger partial charge on any atom is 0.265 e. The lowest BCUT2D eigenvalue weighted by Gasteiger charge is -2.30. The topological polar surface area (TPSA) is 74.4 Å². The number of nitrogens with zero attached hydrogens (tertiary/aromatic N) is 1. The number of fused-ring (bicyclic) bond motifs is 2. The van der Waals surface area contributed by atoms with Crippen molar-refractivity contribution in [1.82, 2.24) is 4.98 Å².